The Kier molecular flexibility index (Phi) is 1.97. The summed E-state index contributed by atoms with van der Waals surface area (Å²) in [5.74, 6) is 0.229. The second kappa shape index (κ2) is 2.75. The van der Waals surface area contributed by atoms with E-state index in [9.17, 15) is 0 Å². The smallest absolute Gasteiger partial charge is 0.131 e. The molecule has 2 N–H and O–H groups in total. The first-order valence-electron chi connectivity index (χ1n) is 3.16. The zero-order chi connectivity index (χ0) is 7.56. The first-order chi connectivity index (χ1) is 4.74. The fourth-order valence-electron chi connectivity index (χ4n) is 0.882. The molecule has 0 aromatic rings. The summed E-state index contributed by atoms with van der Waals surface area (Å²) >= 11 is 0. The van der Waals surface area contributed by atoms with Gasteiger partial charge in [-0.1, -0.05) is 6.08 Å². The number of aliphatic hydroxyl groups is 2. The van der Waals surface area contributed by atoms with Crippen molar-refractivity contribution in [3.63, 3.8) is 0 Å². The molecule has 10 heavy (non-hydrogen) atoms. The Balaban J connectivity index is 2.64. The molecule has 1 aliphatic heterocycles. The number of likely N-dealkylation sites (N-methyl/N-ethyl adjacent to an activating group) is 1. The van der Waals surface area contributed by atoms with Gasteiger partial charge in [0.15, 0.2) is 0 Å². The predicted octanol–water partition coefficient (Wildman–Crippen LogP) is 0.248. The molecule has 56 valence electrons. The number of hydrogen-bond acceptors (Lipinski definition) is 3. The number of rotatable bonds is 1. The summed E-state index contributed by atoms with van der Waals surface area (Å²) in [4.78, 5) is 1.76. The maximum absolute atomic E-state index is 8.94. The second-order valence-electron chi connectivity index (χ2n) is 2.33. The van der Waals surface area contributed by atoms with E-state index in [1.807, 2.05) is 0 Å². The van der Waals surface area contributed by atoms with E-state index in [1.165, 1.54) is 0 Å². The van der Waals surface area contributed by atoms with Crippen LogP contribution in [-0.4, -0.2) is 34.8 Å². The molecule has 0 saturated carbocycles. The van der Waals surface area contributed by atoms with Gasteiger partial charge in [-0.2, -0.15) is 0 Å². The molecular formula is C7H11NO2. The predicted molar refractivity (Wildman–Crippen MR) is 38.5 cm³/mol. The highest BCUT2D eigenvalue weighted by Crippen LogP contribution is 2.08. The summed E-state index contributed by atoms with van der Waals surface area (Å²) < 4.78 is 0. The first-order valence-corrected chi connectivity index (χ1v) is 3.16. The lowest BCUT2D eigenvalue weighted by atomic mass is 10.2. The van der Waals surface area contributed by atoms with Crippen LogP contribution in [0.1, 0.15) is 0 Å². The van der Waals surface area contributed by atoms with E-state index >= 15 is 0 Å². The summed E-state index contributed by atoms with van der Waals surface area (Å²) in [6.45, 7) is 0.0801. The molecule has 0 aromatic heterocycles. The van der Waals surface area contributed by atoms with Crippen LogP contribution < -0.4 is 0 Å². The van der Waals surface area contributed by atoms with Crippen molar-refractivity contribution in [2.75, 3.05) is 13.7 Å². The highest BCUT2D eigenvalue weighted by Gasteiger charge is 2.10. The summed E-state index contributed by atoms with van der Waals surface area (Å²) in [5, 5.41) is 17.7. The second-order valence-corrected chi connectivity index (χ2v) is 2.33. The van der Waals surface area contributed by atoms with Crippen LogP contribution in [0.2, 0.25) is 0 Å². The van der Waals surface area contributed by atoms with Gasteiger partial charge in [-0.05, 0) is 6.08 Å². The van der Waals surface area contributed by atoms with E-state index < -0.39 is 0 Å². The maximum Gasteiger partial charge on any atom is 0.131 e. The maximum atomic E-state index is 8.94. The lowest BCUT2D eigenvalue weighted by molar-refractivity contribution is 0.205. The van der Waals surface area contributed by atoms with Gasteiger partial charge in [0.25, 0.3) is 0 Å². The molecule has 1 aliphatic rings. The molecule has 1 atom stereocenters. The third-order valence-corrected chi connectivity index (χ3v) is 1.54. The first kappa shape index (κ1) is 7.15. The summed E-state index contributed by atoms with van der Waals surface area (Å²) in [5.41, 5.74) is 0. The monoisotopic (exact) mass is 141 g/mol. The van der Waals surface area contributed by atoms with Gasteiger partial charge >= 0.3 is 0 Å². The number of aliphatic hydroxyl groups excluding tert-OH is 2. The average Bonchev–Trinajstić information content (AvgIpc) is 1.88. The van der Waals surface area contributed by atoms with Crippen LogP contribution in [0, 0.1) is 0 Å². The van der Waals surface area contributed by atoms with Crippen molar-refractivity contribution in [3.05, 3.63) is 24.1 Å². The Labute approximate surface area is 59.9 Å². The zero-order valence-electron chi connectivity index (χ0n) is 5.86. The highest BCUT2D eigenvalue weighted by molar-refractivity contribution is 5.17. The van der Waals surface area contributed by atoms with Crippen molar-refractivity contribution in [2.45, 2.75) is 6.04 Å². The van der Waals surface area contributed by atoms with Gasteiger partial charge in [-0.25, -0.2) is 0 Å². The topological polar surface area (TPSA) is 43.7 Å². The Morgan fingerprint density at radius 2 is 2.40 bits per heavy atom. The van der Waals surface area contributed by atoms with E-state index in [2.05, 4.69) is 0 Å². The summed E-state index contributed by atoms with van der Waals surface area (Å²) in [6, 6.07) is 0.0101. The van der Waals surface area contributed by atoms with Crippen LogP contribution in [0.4, 0.5) is 0 Å². The minimum absolute atomic E-state index is 0.0101. The van der Waals surface area contributed by atoms with Gasteiger partial charge in [-0.15, -0.1) is 0 Å². The minimum atomic E-state index is 0.0101. The van der Waals surface area contributed by atoms with Crippen LogP contribution >= 0.6 is 0 Å². The molecule has 0 spiro atoms. The third-order valence-electron chi connectivity index (χ3n) is 1.54. The average molecular weight is 141 g/mol. The zero-order valence-corrected chi connectivity index (χ0v) is 5.86. The fourth-order valence-corrected chi connectivity index (χ4v) is 0.882. The number of nitrogens with zero attached hydrogens (tertiary/aromatic N) is 1. The Hall–Kier alpha value is -0.960. The van der Waals surface area contributed by atoms with Gasteiger partial charge in [0, 0.05) is 13.2 Å². The van der Waals surface area contributed by atoms with Crippen molar-refractivity contribution >= 4 is 0 Å². The van der Waals surface area contributed by atoms with Gasteiger partial charge in [0.1, 0.15) is 5.76 Å². The van der Waals surface area contributed by atoms with Gasteiger partial charge in [0.2, 0.25) is 0 Å². The van der Waals surface area contributed by atoms with Crippen LogP contribution in [0.3, 0.4) is 0 Å². The summed E-state index contributed by atoms with van der Waals surface area (Å²) in [6.07, 6.45) is 4.93. The van der Waals surface area contributed by atoms with E-state index in [1.54, 1.807) is 30.3 Å². The molecule has 0 aromatic carbocycles. The van der Waals surface area contributed by atoms with Crippen molar-refractivity contribution in [1.29, 1.82) is 0 Å². The molecule has 3 heteroatoms. The number of allylic oxidation sites excluding steroid dienone is 1. The molecule has 0 aliphatic carbocycles. The highest BCUT2D eigenvalue weighted by atomic mass is 16.3. The van der Waals surface area contributed by atoms with Crippen molar-refractivity contribution in [3.8, 4) is 0 Å². The van der Waals surface area contributed by atoms with Crippen molar-refractivity contribution in [1.82, 2.24) is 4.90 Å². The Bertz CT molecular complexity index is 174. The molecule has 0 amide bonds. The van der Waals surface area contributed by atoms with E-state index in [4.69, 9.17) is 10.2 Å². The van der Waals surface area contributed by atoms with Gasteiger partial charge < -0.3 is 15.1 Å². The third kappa shape index (κ3) is 1.30. The molecular weight excluding hydrogens is 130 g/mol. The number of hydrogen-bond donors (Lipinski definition) is 2. The SMILES string of the molecule is CN1C=C(O)C=CC1CO. The molecule has 0 saturated heterocycles. The lowest BCUT2D eigenvalue weighted by Gasteiger charge is -2.24. The largest absolute Gasteiger partial charge is 0.506 e. The van der Waals surface area contributed by atoms with Crippen molar-refractivity contribution < 1.29 is 10.2 Å². The van der Waals surface area contributed by atoms with Gasteiger partial charge in [0.05, 0.1) is 12.6 Å². The molecule has 1 heterocycles. The van der Waals surface area contributed by atoms with Crippen LogP contribution in [0.25, 0.3) is 0 Å². The summed E-state index contributed by atoms with van der Waals surface area (Å²) in [7, 11) is 1.81. The Morgan fingerprint density at radius 1 is 1.70 bits per heavy atom. The molecule has 0 fully saturated rings. The van der Waals surface area contributed by atoms with Crippen LogP contribution in [-0.2, 0) is 0 Å². The molecule has 0 bridgehead atoms. The van der Waals surface area contributed by atoms with Crippen molar-refractivity contribution in [2.24, 2.45) is 0 Å². The van der Waals surface area contributed by atoms with E-state index in [-0.39, 0.29) is 18.4 Å². The molecule has 3 nitrogen and oxygen atoms in total. The molecule has 0 radical (unpaired) electrons. The normalized spacial score (nSPS) is 24.8. The quantitative estimate of drug-likeness (QED) is 0.550. The fraction of sp³-hybridized carbons (Fsp3) is 0.429. The molecule has 1 unspecified atom stereocenters. The van der Waals surface area contributed by atoms with E-state index in [0.29, 0.717) is 0 Å². The van der Waals surface area contributed by atoms with Crippen LogP contribution in [0.5, 0.6) is 0 Å². The Morgan fingerprint density at radius 3 is 2.90 bits per heavy atom. The van der Waals surface area contributed by atoms with Gasteiger partial charge in [-0.3, -0.25) is 0 Å². The lowest BCUT2D eigenvalue weighted by Crippen LogP contribution is -2.30. The van der Waals surface area contributed by atoms with Crippen LogP contribution in [0.15, 0.2) is 24.1 Å². The minimum Gasteiger partial charge on any atom is -0.506 e. The molecule has 1 rings (SSSR count). The standard InChI is InChI=1S/C7H11NO2/c1-8-4-7(10)3-2-6(8)5-9/h2-4,6,9-10H,5H2,1H3. The van der Waals surface area contributed by atoms with E-state index in [0.717, 1.165) is 0 Å².